The molecule has 0 saturated carbocycles. The molecule has 122 valence electrons. The van der Waals surface area contributed by atoms with Crippen LogP contribution in [0.25, 0.3) is 5.69 Å². The van der Waals surface area contributed by atoms with E-state index < -0.39 is 5.82 Å². The summed E-state index contributed by atoms with van der Waals surface area (Å²) in [5.74, 6) is -0.489. The number of anilines is 1. The standard InChI is InChI=1S/C16H11Cl2FN4S/c1-9-15(16(24)20-11-4-2-3-10(17)7-11)21-22-23(9)12-5-6-14(19)13(18)8-12/h2-8H,1H3,(H,20,24). The number of nitrogens with zero attached hydrogens (tertiary/aromatic N) is 3. The minimum absolute atomic E-state index is 0.0172. The van der Waals surface area contributed by atoms with E-state index in [9.17, 15) is 4.39 Å². The van der Waals surface area contributed by atoms with Crippen molar-refractivity contribution in [1.29, 1.82) is 0 Å². The third-order valence-corrected chi connectivity index (χ3v) is 4.16. The number of halogens is 3. The summed E-state index contributed by atoms with van der Waals surface area (Å²) in [5, 5.41) is 11.9. The lowest BCUT2D eigenvalue weighted by Gasteiger charge is -2.08. The maximum absolute atomic E-state index is 13.3. The summed E-state index contributed by atoms with van der Waals surface area (Å²) in [6, 6.07) is 11.5. The first-order chi connectivity index (χ1) is 11.5. The van der Waals surface area contributed by atoms with Crippen molar-refractivity contribution in [2.24, 2.45) is 0 Å². The fourth-order valence-electron chi connectivity index (χ4n) is 2.16. The first-order valence-corrected chi connectivity index (χ1v) is 8.07. The molecule has 0 bridgehead atoms. The van der Waals surface area contributed by atoms with Gasteiger partial charge in [0.2, 0.25) is 0 Å². The van der Waals surface area contributed by atoms with Crippen molar-refractivity contribution >= 4 is 46.1 Å². The molecule has 0 aliphatic rings. The van der Waals surface area contributed by atoms with E-state index in [0.29, 0.717) is 27.1 Å². The Labute approximate surface area is 153 Å². The zero-order chi connectivity index (χ0) is 17.3. The average Bonchev–Trinajstić information content (AvgIpc) is 2.92. The molecule has 2 aromatic carbocycles. The molecule has 0 fully saturated rings. The van der Waals surface area contributed by atoms with Gasteiger partial charge in [-0.15, -0.1) is 5.10 Å². The SMILES string of the molecule is Cc1c(C(=S)Nc2cccc(Cl)c2)nnn1-c1ccc(F)c(Cl)c1. The van der Waals surface area contributed by atoms with Crippen molar-refractivity contribution in [3.63, 3.8) is 0 Å². The molecule has 3 rings (SSSR count). The number of rotatable bonds is 3. The van der Waals surface area contributed by atoms with Crippen LogP contribution in [0.1, 0.15) is 11.4 Å². The van der Waals surface area contributed by atoms with Crippen LogP contribution in [0.5, 0.6) is 0 Å². The van der Waals surface area contributed by atoms with Gasteiger partial charge in [-0.05, 0) is 43.3 Å². The predicted molar refractivity (Wildman–Crippen MR) is 97.8 cm³/mol. The fourth-order valence-corrected chi connectivity index (χ4v) is 2.83. The maximum atomic E-state index is 13.3. The van der Waals surface area contributed by atoms with E-state index in [0.717, 1.165) is 5.69 Å². The summed E-state index contributed by atoms with van der Waals surface area (Å²) in [6.45, 7) is 1.82. The monoisotopic (exact) mass is 380 g/mol. The first-order valence-electron chi connectivity index (χ1n) is 6.90. The molecule has 24 heavy (non-hydrogen) atoms. The summed E-state index contributed by atoms with van der Waals surface area (Å²) < 4.78 is 14.9. The van der Waals surface area contributed by atoms with Gasteiger partial charge in [0.05, 0.1) is 16.4 Å². The van der Waals surface area contributed by atoms with Crippen LogP contribution in [0.3, 0.4) is 0 Å². The van der Waals surface area contributed by atoms with Gasteiger partial charge in [-0.2, -0.15) is 0 Å². The molecular formula is C16H11Cl2FN4S. The van der Waals surface area contributed by atoms with E-state index in [2.05, 4.69) is 15.6 Å². The van der Waals surface area contributed by atoms with E-state index in [1.54, 1.807) is 22.9 Å². The Bertz CT molecular complexity index is 926. The first kappa shape index (κ1) is 16.8. The summed E-state index contributed by atoms with van der Waals surface area (Å²) >= 11 is 17.2. The van der Waals surface area contributed by atoms with Crippen LogP contribution in [0.2, 0.25) is 10.0 Å². The molecule has 4 nitrogen and oxygen atoms in total. The highest BCUT2D eigenvalue weighted by molar-refractivity contribution is 7.81. The van der Waals surface area contributed by atoms with Crippen molar-refractivity contribution in [3.05, 3.63) is 69.7 Å². The van der Waals surface area contributed by atoms with Crippen molar-refractivity contribution in [2.75, 3.05) is 5.32 Å². The van der Waals surface area contributed by atoms with E-state index in [4.69, 9.17) is 35.4 Å². The quantitative estimate of drug-likeness (QED) is 0.662. The Morgan fingerprint density at radius 2 is 2.00 bits per heavy atom. The van der Waals surface area contributed by atoms with Gasteiger partial charge in [0.15, 0.2) is 0 Å². The number of benzene rings is 2. The van der Waals surface area contributed by atoms with Crippen molar-refractivity contribution in [1.82, 2.24) is 15.0 Å². The van der Waals surface area contributed by atoms with Crippen LogP contribution < -0.4 is 5.32 Å². The third kappa shape index (κ3) is 3.40. The second kappa shape index (κ2) is 6.84. The van der Waals surface area contributed by atoms with Gasteiger partial charge in [-0.25, -0.2) is 9.07 Å². The molecule has 0 aliphatic heterocycles. The number of nitrogens with one attached hydrogen (secondary N) is 1. The van der Waals surface area contributed by atoms with Crippen molar-refractivity contribution in [3.8, 4) is 5.69 Å². The smallest absolute Gasteiger partial charge is 0.143 e. The molecule has 0 unspecified atom stereocenters. The van der Waals surface area contributed by atoms with Crippen LogP contribution in [-0.2, 0) is 0 Å². The second-order valence-electron chi connectivity index (χ2n) is 5.00. The molecule has 0 radical (unpaired) electrons. The van der Waals surface area contributed by atoms with Gasteiger partial charge >= 0.3 is 0 Å². The minimum atomic E-state index is -0.489. The topological polar surface area (TPSA) is 42.7 Å². The van der Waals surface area contributed by atoms with Crippen molar-refractivity contribution in [2.45, 2.75) is 6.92 Å². The maximum Gasteiger partial charge on any atom is 0.143 e. The Morgan fingerprint density at radius 1 is 1.21 bits per heavy atom. The highest BCUT2D eigenvalue weighted by atomic mass is 35.5. The highest BCUT2D eigenvalue weighted by Crippen LogP contribution is 2.21. The predicted octanol–water partition coefficient (Wildman–Crippen LogP) is 4.81. The Morgan fingerprint density at radius 3 is 2.71 bits per heavy atom. The molecule has 0 aliphatic carbocycles. The molecule has 0 atom stereocenters. The average molecular weight is 381 g/mol. The zero-order valence-electron chi connectivity index (χ0n) is 12.4. The normalized spacial score (nSPS) is 10.7. The number of thiocarbonyl (C=S) groups is 1. The van der Waals surface area contributed by atoms with E-state index in [1.165, 1.54) is 12.1 Å². The van der Waals surface area contributed by atoms with E-state index in [1.807, 2.05) is 19.1 Å². The molecule has 0 saturated heterocycles. The molecule has 1 aromatic heterocycles. The lowest BCUT2D eigenvalue weighted by atomic mass is 10.2. The fraction of sp³-hybridized carbons (Fsp3) is 0.0625. The molecule has 0 amide bonds. The van der Waals surface area contributed by atoms with E-state index in [-0.39, 0.29) is 5.02 Å². The van der Waals surface area contributed by atoms with Crippen molar-refractivity contribution < 1.29 is 4.39 Å². The summed E-state index contributed by atoms with van der Waals surface area (Å²) in [7, 11) is 0. The van der Waals surface area contributed by atoms with Gasteiger partial charge in [0, 0.05) is 10.7 Å². The zero-order valence-corrected chi connectivity index (χ0v) is 14.8. The molecule has 3 aromatic rings. The van der Waals surface area contributed by atoms with Gasteiger partial charge < -0.3 is 5.32 Å². The van der Waals surface area contributed by atoms with Gasteiger partial charge in [-0.1, -0.05) is 46.7 Å². The van der Waals surface area contributed by atoms with Gasteiger partial charge in [0.1, 0.15) is 16.5 Å². The Balaban J connectivity index is 1.89. The minimum Gasteiger partial charge on any atom is -0.345 e. The molecule has 1 heterocycles. The second-order valence-corrected chi connectivity index (χ2v) is 6.25. The molecule has 1 N–H and O–H groups in total. The van der Waals surface area contributed by atoms with Crippen LogP contribution in [0, 0.1) is 12.7 Å². The van der Waals surface area contributed by atoms with E-state index >= 15 is 0 Å². The molecule has 8 heteroatoms. The number of hydrogen-bond acceptors (Lipinski definition) is 3. The number of aromatic nitrogens is 3. The molecule has 0 spiro atoms. The van der Waals surface area contributed by atoms with Crippen LogP contribution in [-0.4, -0.2) is 20.0 Å². The van der Waals surface area contributed by atoms with Gasteiger partial charge in [0.25, 0.3) is 0 Å². The largest absolute Gasteiger partial charge is 0.345 e. The lowest BCUT2D eigenvalue weighted by Crippen LogP contribution is -2.12. The van der Waals surface area contributed by atoms with Crippen LogP contribution in [0.4, 0.5) is 10.1 Å². The summed E-state index contributed by atoms with van der Waals surface area (Å²) in [5.41, 5.74) is 2.58. The highest BCUT2D eigenvalue weighted by Gasteiger charge is 2.15. The number of hydrogen-bond donors (Lipinski definition) is 1. The summed E-state index contributed by atoms with van der Waals surface area (Å²) in [6.07, 6.45) is 0. The van der Waals surface area contributed by atoms with Gasteiger partial charge in [-0.3, -0.25) is 0 Å². The Hall–Kier alpha value is -2.02. The lowest BCUT2D eigenvalue weighted by molar-refractivity contribution is 0.627. The Kier molecular flexibility index (Phi) is 4.80. The third-order valence-electron chi connectivity index (χ3n) is 3.34. The van der Waals surface area contributed by atoms with Crippen LogP contribution >= 0.6 is 35.4 Å². The van der Waals surface area contributed by atoms with Crippen LogP contribution in [0.15, 0.2) is 42.5 Å². The summed E-state index contributed by atoms with van der Waals surface area (Å²) in [4.78, 5) is 0.411. The molecular weight excluding hydrogens is 370 g/mol.